The predicted molar refractivity (Wildman–Crippen MR) is 108 cm³/mol. The molecule has 1 heterocycles. The van der Waals surface area contributed by atoms with Crippen molar-refractivity contribution in [2.75, 3.05) is 31.0 Å². The van der Waals surface area contributed by atoms with Crippen LogP contribution in [-0.2, 0) is 0 Å². The first-order valence-corrected chi connectivity index (χ1v) is 9.14. The zero-order valence-electron chi connectivity index (χ0n) is 15.8. The lowest BCUT2D eigenvalue weighted by Gasteiger charge is -2.25. The van der Waals surface area contributed by atoms with Crippen molar-refractivity contribution in [2.45, 2.75) is 25.7 Å². The van der Waals surface area contributed by atoms with Crippen LogP contribution in [0.25, 0.3) is 0 Å². The summed E-state index contributed by atoms with van der Waals surface area (Å²) in [7, 11) is 3.21. The highest BCUT2D eigenvalue weighted by Crippen LogP contribution is 2.26. The maximum Gasteiger partial charge on any atom is 0.331 e. The molecule has 3 rings (SSSR count). The quantitative estimate of drug-likeness (QED) is 0.851. The average Bonchev–Trinajstić information content (AvgIpc) is 2.98. The van der Waals surface area contributed by atoms with Crippen molar-refractivity contribution in [1.82, 2.24) is 0 Å². The Balaban J connectivity index is 1.92. The van der Waals surface area contributed by atoms with Gasteiger partial charge in [-0.25, -0.2) is 4.79 Å². The maximum atomic E-state index is 13.2. The summed E-state index contributed by atoms with van der Waals surface area (Å²) in [5, 5.41) is 2.96. The van der Waals surface area contributed by atoms with Gasteiger partial charge in [0.2, 0.25) is 0 Å². The fourth-order valence-electron chi connectivity index (χ4n) is 3.08. The molecule has 2 aromatic rings. The highest BCUT2D eigenvalue weighted by molar-refractivity contribution is 6.20. The van der Waals surface area contributed by atoms with E-state index in [2.05, 4.69) is 10.3 Å². The van der Waals surface area contributed by atoms with Gasteiger partial charge in [-0.1, -0.05) is 18.6 Å². The van der Waals surface area contributed by atoms with Gasteiger partial charge in [0.15, 0.2) is 0 Å². The second-order valence-corrected chi connectivity index (χ2v) is 6.27. The lowest BCUT2D eigenvalue weighted by atomic mass is 10.2. The number of benzene rings is 2. The zero-order chi connectivity index (χ0) is 19.1. The van der Waals surface area contributed by atoms with E-state index < -0.39 is 0 Å². The molecule has 27 heavy (non-hydrogen) atoms. The van der Waals surface area contributed by atoms with Crippen LogP contribution < -0.4 is 19.7 Å². The fraction of sp³-hybridized carbons (Fsp3) is 0.333. The first-order chi connectivity index (χ1) is 13.2. The summed E-state index contributed by atoms with van der Waals surface area (Å²) in [4.78, 5) is 19.5. The minimum atomic E-state index is -0.259. The van der Waals surface area contributed by atoms with Gasteiger partial charge in [0.1, 0.15) is 17.3 Å². The number of amidine groups is 1. The zero-order valence-corrected chi connectivity index (χ0v) is 15.8. The monoisotopic (exact) mass is 367 g/mol. The third-order valence-corrected chi connectivity index (χ3v) is 4.49. The predicted octanol–water partition coefficient (Wildman–Crippen LogP) is 4.71. The van der Waals surface area contributed by atoms with Crippen LogP contribution >= 0.6 is 0 Å². The Morgan fingerprint density at radius 2 is 1.78 bits per heavy atom. The van der Waals surface area contributed by atoms with Crippen LogP contribution in [0.4, 0.5) is 16.2 Å². The van der Waals surface area contributed by atoms with Crippen molar-refractivity contribution in [1.29, 1.82) is 0 Å². The molecule has 6 heteroatoms. The summed E-state index contributed by atoms with van der Waals surface area (Å²) >= 11 is 0. The Labute approximate surface area is 159 Å². The smallest absolute Gasteiger partial charge is 0.331 e. The van der Waals surface area contributed by atoms with E-state index in [-0.39, 0.29) is 6.03 Å². The van der Waals surface area contributed by atoms with E-state index in [0.717, 1.165) is 49.5 Å². The Morgan fingerprint density at radius 1 is 1.00 bits per heavy atom. The van der Waals surface area contributed by atoms with Gasteiger partial charge < -0.3 is 14.8 Å². The van der Waals surface area contributed by atoms with Gasteiger partial charge in [0.05, 0.1) is 25.6 Å². The Kier molecular flexibility index (Phi) is 6.30. The number of para-hydroxylation sites is 2. The van der Waals surface area contributed by atoms with Crippen LogP contribution in [-0.4, -0.2) is 32.6 Å². The van der Waals surface area contributed by atoms with Crippen molar-refractivity contribution in [3.05, 3.63) is 48.5 Å². The average molecular weight is 367 g/mol. The molecule has 0 bridgehead atoms. The van der Waals surface area contributed by atoms with E-state index in [1.807, 2.05) is 48.5 Å². The van der Waals surface area contributed by atoms with Gasteiger partial charge in [-0.05, 0) is 49.2 Å². The molecule has 0 saturated carbocycles. The molecule has 142 valence electrons. The number of nitrogens with zero attached hydrogens (tertiary/aromatic N) is 2. The second-order valence-electron chi connectivity index (χ2n) is 6.27. The summed E-state index contributed by atoms with van der Waals surface area (Å²) in [5.74, 6) is 2.14. The summed E-state index contributed by atoms with van der Waals surface area (Å²) in [5.41, 5.74) is 1.38. The second kappa shape index (κ2) is 9.07. The van der Waals surface area contributed by atoms with E-state index in [0.29, 0.717) is 11.4 Å². The standard InChI is InChI=1S/C21H25N3O3/c1-26-17-13-11-16(12-14-17)24(20-10-4-3-7-15-22-20)21(25)23-18-8-5-6-9-19(18)27-2/h5-6,8-9,11-14H,3-4,7,10,15H2,1-2H3,(H,23,25). The van der Waals surface area contributed by atoms with Crippen molar-refractivity contribution < 1.29 is 14.3 Å². The van der Waals surface area contributed by atoms with Crippen LogP contribution in [0.2, 0.25) is 0 Å². The van der Waals surface area contributed by atoms with Crippen molar-refractivity contribution in [3.8, 4) is 11.5 Å². The molecule has 0 atom stereocenters. The molecule has 0 radical (unpaired) electrons. The van der Waals surface area contributed by atoms with E-state index in [4.69, 9.17) is 9.47 Å². The molecular formula is C21H25N3O3. The van der Waals surface area contributed by atoms with E-state index >= 15 is 0 Å². The van der Waals surface area contributed by atoms with Gasteiger partial charge in [0.25, 0.3) is 0 Å². The van der Waals surface area contributed by atoms with Gasteiger partial charge in [-0.2, -0.15) is 0 Å². The molecule has 6 nitrogen and oxygen atoms in total. The molecule has 2 amide bonds. The minimum Gasteiger partial charge on any atom is -0.497 e. The normalized spacial score (nSPS) is 13.9. The Hall–Kier alpha value is -3.02. The molecule has 0 fully saturated rings. The first kappa shape index (κ1) is 18.8. The van der Waals surface area contributed by atoms with E-state index in [1.54, 1.807) is 19.1 Å². The number of amides is 2. The minimum absolute atomic E-state index is 0.259. The van der Waals surface area contributed by atoms with Crippen LogP contribution in [0.1, 0.15) is 25.7 Å². The SMILES string of the molecule is COc1ccc(N(C(=O)Nc2ccccc2OC)C2=NCCCCC2)cc1. The highest BCUT2D eigenvalue weighted by atomic mass is 16.5. The molecule has 1 aliphatic heterocycles. The molecule has 0 spiro atoms. The summed E-state index contributed by atoms with van der Waals surface area (Å²) < 4.78 is 10.6. The van der Waals surface area contributed by atoms with Gasteiger partial charge in [-0.3, -0.25) is 9.89 Å². The number of methoxy groups -OCH3 is 2. The number of anilines is 2. The Bertz CT molecular complexity index is 803. The number of ether oxygens (including phenoxy) is 2. The lowest BCUT2D eigenvalue weighted by molar-refractivity contribution is 0.259. The van der Waals surface area contributed by atoms with Crippen LogP contribution in [0, 0.1) is 0 Å². The number of urea groups is 1. The molecule has 0 aliphatic carbocycles. The van der Waals surface area contributed by atoms with E-state index in [1.165, 1.54) is 0 Å². The van der Waals surface area contributed by atoms with Gasteiger partial charge in [0, 0.05) is 13.0 Å². The van der Waals surface area contributed by atoms with Crippen molar-refractivity contribution >= 4 is 23.2 Å². The number of carbonyl (C=O) groups excluding carboxylic acids is 1. The third-order valence-electron chi connectivity index (χ3n) is 4.49. The summed E-state index contributed by atoms with van der Waals surface area (Å²) in [6.45, 7) is 0.740. The molecular weight excluding hydrogens is 342 g/mol. The number of hydrogen-bond acceptors (Lipinski definition) is 4. The fourth-order valence-corrected chi connectivity index (χ4v) is 3.08. The number of nitrogens with one attached hydrogen (secondary N) is 1. The lowest BCUT2D eigenvalue weighted by Crippen LogP contribution is -2.40. The molecule has 1 aliphatic rings. The Morgan fingerprint density at radius 3 is 2.52 bits per heavy atom. The molecule has 0 unspecified atom stereocenters. The number of aliphatic imine (C=N–C) groups is 1. The van der Waals surface area contributed by atoms with Crippen LogP contribution in [0.3, 0.4) is 0 Å². The molecule has 2 aromatic carbocycles. The first-order valence-electron chi connectivity index (χ1n) is 9.14. The molecule has 0 aromatic heterocycles. The maximum absolute atomic E-state index is 13.2. The van der Waals surface area contributed by atoms with Gasteiger partial charge in [-0.15, -0.1) is 0 Å². The molecule has 0 saturated heterocycles. The summed E-state index contributed by atoms with van der Waals surface area (Å²) in [6.07, 6.45) is 3.96. The topological polar surface area (TPSA) is 63.2 Å². The van der Waals surface area contributed by atoms with Crippen LogP contribution in [0.5, 0.6) is 11.5 Å². The molecule has 1 N–H and O–H groups in total. The number of rotatable bonds is 4. The van der Waals surface area contributed by atoms with Crippen molar-refractivity contribution in [2.24, 2.45) is 4.99 Å². The van der Waals surface area contributed by atoms with Crippen molar-refractivity contribution in [3.63, 3.8) is 0 Å². The number of carbonyl (C=O) groups is 1. The highest BCUT2D eigenvalue weighted by Gasteiger charge is 2.23. The largest absolute Gasteiger partial charge is 0.497 e. The third kappa shape index (κ3) is 4.58. The van der Waals surface area contributed by atoms with E-state index in [9.17, 15) is 4.79 Å². The summed E-state index contributed by atoms with van der Waals surface area (Å²) in [6, 6.07) is 14.5. The van der Waals surface area contributed by atoms with Crippen LogP contribution in [0.15, 0.2) is 53.5 Å². The number of hydrogen-bond donors (Lipinski definition) is 1. The van der Waals surface area contributed by atoms with Gasteiger partial charge >= 0.3 is 6.03 Å².